The molecule has 1 aromatic rings. The van der Waals surface area contributed by atoms with E-state index in [0.29, 0.717) is 5.84 Å². The van der Waals surface area contributed by atoms with Crippen LogP contribution in [0.25, 0.3) is 0 Å². The van der Waals surface area contributed by atoms with E-state index < -0.39 is 0 Å². The summed E-state index contributed by atoms with van der Waals surface area (Å²) in [4.78, 5) is 0. The Bertz CT molecular complexity index is 221. The normalized spacial score (nSPS) is 8.09. The van der Waals surface area contributed by atoms with Crippen LogP contribution in [0.4, 0.5) is 0 Å². The van der Waals surface area contributed by atoms with Crippen molar-refractivity contribution < 1.29 is 0 Å². The first-order valence-electron chi connectivity index (χ1n) is 3.16. The van der Waals surface area contributed by atoms with Gasteiger partial charge in [-0.1, -0.05) is 30.3 Å². The second-order valence-electron chi connectivity index (χ2n) is 1.99. The molecule has 0 fully saturated rings. The Kier molecular flexibility index (Phi) is 4.30. The molecule has 0 aliphatic heterocycles. The van der Waals surface area contributed by atoms with Crippen LogP contribution >= 0.6 is 12.4 Å². The highest BCUT2D eigenvalue weighted by Gasteiger charge is 1.93. The molecule has 0 aliphatic carbocycles. The molecule has 2 nitrogen and oxygen atoms in total. The molecule has 0 aliphatic rings. The van der Waals surface area contributed by atoms with Gasteiger partial charge in [-0.3, -0.25) is 5.41 Å². The Balaban J connectivity index is 0.000001000. The maximum absolute atomic E-state index is 7.37. The van der Waals surface area contributed by atoms with E-state index in [-0.39, 0.29) is 12.4 Å². The first kappa shape index (κ1) is 9.98. The Morgan fingerprint density at radius 3 is 2.27 bits per heavy atom. The largest absolute Gasteiger partial charge is 0.373 e. The first-order valence-corrected chi connectivity index (χ1v) is 3.16. The second kappa shape index (κ2) is 4.74. The molecule has 0 bridgehead atoms. The standard InChI is InChI=1S/C8H10N2.ClH/c1-10-8(9)7-5-3-2-4-6-7;/h2-6H,1H3,(H2,9,10);1H. The fourth-order valence-corrected chi connectivity index (χ4v) is 0.749. The molecule has 0 radical (unpaired) electrons. The third-order valence-electron chi connectivity index (χ3n) is 1.31. The van der Waals surface area contributed by atoms with E-state index in [1.807, 2.05) is 30.3 Å². The molecule has 0 spiro atoms. The Hall–Kier alpha value is -1.02. The minimum absolute atomic E-state index is 0. The monoisotopic (exact) mass is 170 g/mol. The molecule has 0 atom stereocenters. The minimum atomic E-state index is 0. The van der Waals surface area contributed by atoms with E-state index in [2.05, 4.69) is 5.32 Å². The molecule has 0 unspecified atom stereocenters. The Morgan fingerprint density at radius 1 is 1.27 bits per heavy atom. The summed E-state index contributed by atoms with van der Waals surface area (Å²) in [6, 6.07) is 9.58. The fraction of sp³-hybridized carbons (Fsp3) is 0.125. The van der Waals surface area contributed by atoms with Crippen molar-refractivity contribution in [2.45, 2.75) is 0 Å². The third-order valence-corrected chi connectivity index (χ3v) is 1.31. The van der Waals surface area contributed by atoms with Gasteiger partial charge >= 0.3 is 0 Å². The van der Waals surface area contributed by atoms with Crippen LogP contribution in [0.15, 0.2) is 30.3 Å². The summed E-state index contributed by atoms with van der Waals surface area (Å²) >= 11 is 0. The van der Waals surface area contributed by atoms with Crippen LogP contribution in [0.3, 0.4) is 0 Å². The zero-order valence-electron chi connectivity index (χ0n) is 6.29. The lowest BCUT2D eigenvalue weighted by atomic mass is 10.2. The Morgan fingerprint density at radius 2 is 1.82 bits per heavy atom. The summed E-state index contributed by atoms with van der Waals surface area (Å²) in [5.74, 6) is 0.459. The molecule has 11 heavy (non-hydrogen) atoms. The molecule has 1 rings (SSSR count). The van der Waals surface area contributed by atoms with Gasteiger partial charge in [-0.2, -0.15) is 0 Å². The van der Waals surface area contributed by atoms with Crippen LogP contribution < -0.4 is 5.32 Å². The maximum Gasteiger partial charge on any atom is 0.125 e. The van der Waals surface area contributed by atoms with Gasteiger partial charge in [0.25, 0.3) is 0 Å². The fourth-order valence-electron chi connectivity index (χ4n) is 0.749. The second-order valence-corrected chi connectivity index (χ2v) is 1.99. The van der Waals surface area contributed by atoms with Crippen LogP contribution in [0.2, 0.25) is 0 Å². The summed E-state index contributed by atoms with van der Waals surface area (Å²) in [6.45, 7) is 0. The molecule has 0 amide bonds. The summed E-state index contributed by atoms with van der Waals surface area (Å²) in [6.07, 6.45) is 0. The van der Waals surface area contributed by atoms with Crippen LogP contribution in [-0.4, -0.2) is 12.9 Å². The lowest BCUT2D eigenvalue weighted by molar-refractivity contribution is 1.14. The zero-order valence-corrected chi connectivity index (χ0v) is 7.11. The van der Waals surface area contributed by atoms with E-state index in [1.54, 1.807) is 7.05 Å². The van der Waals surface area contributed by atoms with E-state index in [1.165, 1.54) is 0 Å². The molecule has 60 valence electrons. The van der Waals surface area contributed by atoms with Crippen molar-refractivity contribution in [3.63, 3.8) is 0 Å². The molecule has 2 N–H and O–H groups in total. The summed E-state index contributed by atoms with van der Waals surface area (Å²) in [5.41, 5.74) is 0.921. The van der Waals surface area contributed by atoms with Gasteiger partial charge in [-0.05, 0) is 0 Å². The topological polar surface area (TPSA) is 35.9 Å². The quantitative estimate of drug-likeness (QED) is 0.488. The van der Waals surface area contributed by atoms with E-state index in [4.69, 9.17) is 5.41 Å². The van der Waals surface area contributed by atoms with Gasteiger partial charge < -0.3 is 5.32 Å². The molecule has 0 heterocycles. The van der Waals surface area contributed by atoms with Gasteiger partial charge in [-0.15, -0.1) is 12.4 Å². The number of benzene rings is 1. The van der Waals surface area contributed by atoms with Crippen LogP contribution in [0.5, 0.6) is 0 Å². The van der Waals surface area contributed by atoms with E-state index >= 15 is 0 Å². The van der Waals surface area contributed by atoms with E-state index in [9.17, 15) is 0 Å². The van der Waals surface area contributed by atoms with Gasteiger partial charge in [0.1, 0.15) is 5.84 Å². The van der Waals surface area contributed by atoms with Gasteiger partial charge in [0.05, 0.1) is 0 Å². The van der Waals surface area contributed by atoms with Gasteiger partial charge in [0.15, 0.2) is 0 Å². The van der Waals surface area contributed by atoms with Crippen molar-refractivity contribution in [1.82, 2.24) is 5.32 Å². The third kappa shape index (κ3) is 2.60. The zero-order chi connectivity index (χ0) is 7.40. The lowest BCUT2D eigenvalue weighted by Gasteiger charge is -1.99. The lowest BCUT2D eigenvalue weighted by Crippen LogP contribution is -2.17. The average Bonchev–Trinajstić information content (AvgIpc) is 2.05. The highest BCUT2D eigenvalue weighted by Crippen LogP contribution is 1.96. The number of hydrogen-bond acceptors (Lipinski definition) is 1. The molecule has 3 heteroatoms. The summed E-state index contributed by atoms with van der Waals surface area (Å²) in [5, 5.41) is 10.1. The predicted molar refractivity (Wildman–Crippen MR) is 49.6 cm³/mol. The highest BCUT2D eigenvalue weighted by molar-refractivity contribution is 5.95. The minimum Gasteiger partial charge on any atom is -0.373 e. The first-order chi connectivity index (χ1) is 4.84. The van der Waals surface area contributed by atoms with Gasteiger partial charge in [0, 0.05) is 12.6 Å². The molecular formula is C8H11ClN2. The van der Waals surface area contributed by atoms with Gasteiger partial charge in [0.2, 0.25) is 0 Å². The summed E-state index contributed by atoms with van der Waals surface area (Å²) in [7, 11) is 1.75. The molecular weight excluding hydrogens is 160 g/mol. The Labute approximate surface area is 72.5 Å². The van der Waals surface area contributed by atoms with Crippen molar-refractivity contribution in [3.8, 4) is 0 Å². The number of hydrogen-bond donors (Lipinski definition) is 2. The number of amidine groups is 1. The number of nitrogens with one attached hydrogen (secondary N) is 2. The molecule has 0 saturated carbocycles. The van der Waals surface area contributed by atoms with E-state index in [0.717, 1.165) is 5.56 Å². The van der Waals surface area contributed by atoms with Crippen LogP contribution in [0, 0.1) is 5.41 Å². The van der Waals surface area contributed by atoms with Crippen molar-refractivity contribution in [2.24, 2.45) is 0 Å². The molecule has 0 saturated heterocycles. The number of rotatable bonds is 1. The average molecular weight is 171 g/mol. The summed E-state index contributed by atoms with van der Waals surface area (Å²) < 4.78 is 0. The highest BCUT2D eigenvalue weighted by atomic mass is 35.5. The smallest absolute Gasteiger partial charge is 0.125 e. The van der Waals surface area contributed by atoms with Crippen molar-refractivity contribution >= 4 is 18.2 Å². The molecule has 0 aromatic heterocycles. The van der Waals surface area contributed by atoms with Crippen molar-refractivity contribution in [3.05, 3.63) is 35.9 Å². The maximum atomic E-state index is 7.37. The predicted octanol–water partition coefficient (Wildman–Crippen LogP) is 1.65. The van der Waals surface area contributed by atoms with Crippen LogP contribution in [-0.2, 0) is 0 Å². The SMILES string of the molecule is CNC(=N)c1ccccc1.Cl. The van der Waals surface area contributed by atoms with Gasteiger partial charge in [-0.25, -0.2) is 0 Å². The van der Waals surface area contributed by atoms with Crippen molar-refractivity contribution in [1.29, 1.82) is 5.41 Å². The van der Waals surface area contributed by atoms with Crippen LogP contribution in [0.1, 0.15) is 5.56 Å². The molecule has 1 aromatic carbocycles. The number of halogens is 1. The van der Waals surface area contributed by atoms with Crippen molar-refractivity contribution in [2.75, 3.05) is 7.05 Å².